The lowest BCUT2D eigenvalue weighted by atomic mass is 9.74. The molecule has 2 unspecified atom stereocenters. The largest absolute Gasteiger partial charge is 0.493 e. The first-order chi connectivity index (χ1) is 15.3. The highest BCUT2D eigenvalue weighted by molar-refractivity contribution is 6.01. The van der Waals surface area contributed by atoms with Crippen molar-refractivity contribution < 1.29 is 13.9 Å². The SMILES string of the molecule is CCCCC(NC(=O)/C(C#N)=C/c1cccc(F)n1)C1(C)C=CC(OCCN(C)C)=CC1. The maximum Gasteiger partial charge on any atom is 0.262 e. The maximum absolute atomic E-state index is 13.4. The predicted molar refractivity (Wildman–Crippen MR) is 124 cm³/mol. The van der Waals surface area contributed by atoms with Crippen molar-refractivity contribution in [2.45, 2.75) is 45.6 Å². The zero-order chi connectivity index (χ0) is 23.6. The molecule has 32 heavy (non-hydrogen) atoms. The minimum Gasteiger partial charge on any atom is -0.493 e. The number of nitrogens with zero attached hydrogens (tertiary/aromatic N) is 3. The molecule has 172 valence electrons. The molecule has 0 spiro atoms. The van der Waals surface area contributed by atoms with Crippen LogP contribution in [0.3, 0.4) is 0 Å². The fraction of sp³-hybridized carbons (Fsp3) is 0.480. The monoisotopic (exact) mass is 440 g/mol. The van der Waals surface area contributed by atoms with Crippen molar-refractivity contribution in [3.63, 3.8) is 0 Å². The van der Waals surface area contributed by atoms with Gasteiger partial charge in [-0.25, -0.2) is 4.98 Å². The zero-order valence-electron chi connectivity index (χ0n) is 19.4. The number of hydrogen-bond acceptors (Lipinski definition) is 5. The van der Waals surface area contributed by atoms with Gasteiger partial charge in [0.05, 0.1) is 5.69 Å². The van der Waals surface area contributed by atoms with Gasteiger partial charge in [-0.3, -0.25) is 4.79 Å². The van der Waals surface area contributed by atoms with Crippen LogP contribution in [-0.2, 0) is 9.53 Å². The Kier molecular flexibility index (Phi) is 9.61. The fourth-order valence-electron chi connectivity index (χ4n) is 3.45. The van der Waals surface area contributed by atoms with Crippen molar-refractivity contribution in [2.75, 3.05) is 27.2 Å². The smallest absolute Gasteiger partial charge is 0.262 e. The molecule has 0 saturated heterocycles. The Morgan fingerprint density at radius 2 is 2.25 bits per heavy atom. The molecule has 1 amide bonds. The Morgan fingerprint density at radius 1 is 1.47 bits per heavy atom. The van der Waals surface area contributed by atoms with Crippen LogP contribution in [0.15, 0.2) is 47.8 Å². The summed E-state index contributed by atoms with van der Waals surface area (Å²) in [6.07, 6.45) is 10.8. The van der Waals surface area contributed by atoms with Gasteiger partial charge in [-0.1, -0.05) is 38.8 Å². The standard InChI is InChI=1S/C25H33FN4O2/c1-5-6-9-22(25(2)13-11-21(12-14-25)32-16-15-30(3)4)29-24(31)19(18-27)17-20-8-7-10-23(26)28-20/h7-8,10-13,17,22H,5-6,9,14-16H2,1-4H3,(H,29,31)/b19-17+. The first-order valence-corrected chi connectivity index (χ1v) is 11.0. The van der Waals surface area contributed by atoms with Crippen molar-refractivity contribution in [3.05, 3.63) is 59.4 Å². The highest BCUT2D eigenvalue weighted by Crippen LogP contribution is 2.35. The van der Waals surface area contributed by atoms with E-state index in [0.29, 0.717) is 13.0 Å². The van der Waals surface area contributed by atoms with Crippen LogP contribution in [0, 0.1) is 22.7 Å². The van der Waals surface area contributed by atoms with Crippen molar-refractivity contribution in [3.8, 4) is 6.07 Å². The number of rotatable bonds is 11. The van der Waals surface area contributed by atoms with Gasteiger partial charge in [-0.15, -0.1) is 0 Å². The summed E-state index contributed by atoms with van der Waals surface area (Å²) in [7, 11) is 4.00. The van der Waals surface area contributed by atoms with Gasteiger partial charge in [-0.05, 0) is 57.3 Å². The summed E-state index contributed by atoms with van der Waals surface area (Å²) in [6.45, 7) is 5.65. The molecule has 7 heteroatoms. The number of unbranched alkanes of at least 4 members (excludes halogenated alkanes) is 1. The summed E-state index contributed by atoms with van der Waals surface area (Å²) in [4.78, 5) is 18.7. The average molecular weight is 441 g/mol. The van der Waals surface area contributed by atoms with E-state index in [1.54, 1.807) is 6.07 Å². The van der Waals surface area contributed by atoms with Crippen molar-refractivity contribution in [1.82, 2.24) is 15.2 Å². The lowest BCUT2D eigenvalue weighted by Gasteiger charge is -2.37. The third-order valence-corrected chi connectivity index (χ3v) is 5.52. The molecule has 0 aromatic carbocycles. The topological polar surface area (TPSA) is 78.2 Å². The third-order valence-electron chi connectivity index (χ3n) is 5.52. The van der Waals surface area contributed by atoms with E-state index in [-0.39, 0.29) is 22.7 Å². The first kappa shape index (κ1) is 25.3. The van der Waals surface area contributed by atoms with Crippen LogP contribution in [-0.4, -0.2) is 49.1 Å². The summed E-state index contributed by atoms with van der Waals surface area (Å²) in [5, 5.41) is 12.5. The molecule has 1 aliphatic carbocycles. The highest BCUT2D eigenvalue weighted by Gasteiger charge is 2.34. The second-order valence-electron chi connectivity index (χ2n) is 8.52. The van der Waals surface area contributed by atoms with Crippen molar-refractivity contribution >= 4 is 12.0 Å². The zero-order valence-corrected chi connectivity index (χ0v) is 19.4. The van der Waals surface area contributed by atoms with Crippen molar-refractivity contribution in [2.24, 2.45) is 5.41 Å². The molecule has 1 N–H and O–H groups in total. The molecular weight excluding hydrogens is 407 g/mol. The summed E-state index contributed by atoms with van der Waals surface area (Å²) in [5.41, 5.74) is -0.180. The number of amides is 1. The molecule has 6 nitrogen and oxygen atoms in total. The van der Waals surface area contributed by atoms with E-state index in [9.17, 15) is 14.4 Å². The van der Waals surface area contributed by atoms with Gasteiger partial charge in [0, 0.05) is 18.0 Å². The molecule has 2 atom stereocenters. The van der Waals surface area contributed by atoms with E-state index in [1.807, 2.05) is 26.2 Å². The Labute approximate surface area is 190 Å². The molecule has 0 saturated carbocycles. The van der Waals surface area contributed by atoms with Gasteiger partial charge in [0.1, 0.15) is 24.0 Å². The van der Waals surface area contributed by atoms with Gasteiger partial charge in [0.25, 0.3) is 5.91 Å². The summed E-state index contributed by atoms with van der Waals surface area (Å²) < 4.78 is 19.2. The van der Waals surface area contributed by atoms with E-state index in [4.69, 9.17) is 4.74 Å². The highest BCUT2D eigenvalue weighted by atomic mass is 19.1. The Bertz CT molecular complexity index is 917. The molecular formula is C25H33FN4O2. The summed E-state index contributed by atoms with van der Waals surface area (Å²) in [5.74, 6) is -0.307. The van der Waals surface area contributed by atoms with Crippen LogP contribution >= 0.6 is 0 Å². The fourth-order valence-corrected chi connectivity index (χ4v) is 3.45. The molecule has 1 aromatic heterocycles. The molecule has 1 aromatic rings. The quantitative estimate of drug-likeness (QED) is 0.316. The van der Waals surface area contributed by atoms with Crippen LogP contribution in [0.2, 0.25) is 0 Å². The molecule has 0 radical (unpaired) electrons. The molecule has 0 fully saturated rings. The molecule has 0 bridgehead atoms. The number of allylic oxidation sites excluding steroid dienone is 2. The van der Waals surface area contributed by atoms with E-state index in [0.717, 1.165) is 31.6 Å². The van der Waals surface area contributed by atoms with Gasteiger partial charge >= 0.3 is 0 Å². The third kappa shape index (κ3) is 7.61. The number of halogens is 1. The van der Waals surface area contributed by atoms with Crippen LogP contribution < -0.4 is 5.32 Å². The molecule has 2 rings (SSSR count). The molecule has 0 aliphatic heterocycles. The number of hydrogen-bond donors (Lipinski definition) is 1. The van der Waals surface area contributed by atoms with Gasteiger partial charge in [0.2, 0.25) is 5.95 Å². The second-order valence-corrected chi connectivity index (χ2v) is 8.52. The lowest BCUT2D eigenvalue weighted by Crippen LogP contribution is -2.46. The van der Waals surface area contributed by atoms with Crippen molar-refractivity contribution in [1.29, 1.82) is 5.26 Å². The molecule has 1 aliphatic rings. The summed E-state index contributed by atoms with van der Waals surface area (Å²) >= 11 is 0. The minimum atomic E-state index is -0.660. The number of pyridine rings is 1. The van der Waals surface area contributed by atoms with Crippen LogP contribution in [0.5, 0.6) is 0 Å². The number of aromatic nitrogens is 1. The molecule has 1 heterocycles. The van der Waals surface area contributed by atoms with Crippen LogP contribution in [0.25, 0.3) is 6.08 Å². The number of carbonyl (C=O) groups excluding carboxylic acids is 1. The Hall–Kier alpha value is -2.98. The van der Waals surface area contributed by atoms with Gasteiger partial charge in [0.15, 0.2) is 0 Å². The normalized spacial score (nSPS) is 19.3. The Balaban J connectivity index is 2.12. The Morgan fingerprint density at radius 3 is 2.84 bits per heavy atom. The number of likely N-dealkylation sites (N-methyl/N-ethyl adjacent to an activating group) is 1. The van der Waals surface area contributed by atoms with Crippen LogP contribution in [0.4, 0.5) is 4.39 Å². The van der Waals surface area contributed by atoms with E-state index in [1.165, 1.54) is 18.2 Å². The minimum absolute atomic E-state index is 0.101. The first-order valence-electron chi connectivity index (χ1n) is 11.0. The van der Waals surface area contributed by atoms with Gasteiger partial charge < -0.3 is 15.0 Å². The maximum atomic E-state index is 13.4. The number of carbonyl (C=O) groups is 1. The second kappa shape index (κ2) is 12.2. The summed E-state index contributed by atoms with van der Waals surface area (Å²) in [6, 6.07) is 6.01. The number of ether oxygens (including phenoxy) is 1. The lowest BCUT2D eigenvalue weighted by molar-refractivity contribution is -0.118. The van der Waals surface area contributed by atoms with Crippen LogP contribution in [0.1, 0.15) is 45.2 Å². The van der Waals surface area contributed by atoms with E-state index < -0.39 is 11.9 Å². The average Bonchev–Trinajstić information content (AvgIpc) is 2.76. The van der Waals surface area contributed by atoms with Gasteiger partial charge in [-0.2, -0.15) is 9.65 Å². The van der Waals surface area contributed by atoms with E-state index >= 15 is 0 Å². The number of nitriles is 1. The van der Waals surface area contributed by atoms with E-state index in [2.05, 4.69) is 41.2 Å². The predicted octanol–water partition coefficient (Wildman–Crippen LogP) is 4.23. The number of nitrogens with one attached hydrogen (secondary N) is 1.